The Labute approximate surface area is 363 Å². The monoisotopic (exact) mass is 952 g/mol. The summed E-state index contributed by atoms with van der Waals surface area (Å²) in [6.07, 6.45) is 2.92. The molecular weight excluding hydrogens is 911 g/mol. The van der Waals surface area contributed by atoms with Crippen LogP contribution >= 0.6 is 0 Å². The van der Waals surface area contributed by atoms with Crippen molar-refractivity contribution in [2.75, 3.05) is 0 Å². The largest absolute Gasteiger partial charge is 0.476 e. The van der Waals surface area contributed by atoms with Crippen molar-refractivity contribution < 1.29 is 24.5 Å². The number of pyridine rings is 1. The second-order valence-corrected chi connectivity index (χ2v) is 16.3. The minimum atomic E-state index is 0. The van der Waals surface area contributed by atoms with Gasteiger partial charge in [-0.2, -0.15) is 29.4 Å². The molecule has 0 fully saturated rings. The molecule has 293 valence electrons. The Kier molecular flexibility index (Phi) is 10.5. The summed E-state index contributed by atoms with van der Waals surface area (Å²) >= 11 is 0. The average molecular weight is 952 g/mol. The Morgan fingerprint density at radius 1 is 0.567 bits per heavy atom. The summed E-state index contributed by atoms with van der Waals surface area (Å²) in [7, 11) is 0. The molecule has 0 bridgehead atoms. The van der Waals surface area contributed by atoms with Gasteiger partial charge >= 0.3 is 0 Å². The van der Waals surface area contributed by atoms with Crippen molar-refractivity contribution in [3.05, 3.63) is 200 Å². The fourth-order valence-corrected chi connectivity index (χ4v) is 8.06. The quantitative estimate of drug-likeness (QED) is 0.128. The SMILES string of the molecule is CC(C)(C)Cc1c(-c2ccc(-c3ccccc3)cc2)cnn1-c1[c-]cccc1.[Ir].[c-]1cc2c(cc1-c1ccc3ccccc3n1)oc1cc3c(ccc4ccccc43)cc12. The van der Waals surface area contributed by atoms with E-state index in [-0.39, 0.29) is 25.5 Å². The van der Waals surface area contributed by atoms with Crippen molar-refractivity contribution in [1.29, 1.82) is 0 Å². The summed E-state index contributed by atoms with van der Waals surface area (Å²) in [5.41, 5.74) is 11.8. The summed E-state index contributed by atoms with van der Waals surface area (Å²) < 4.78 is 8.34. The van der Waals surface area contributed by atoms with Crippen LogP contribution in [0.1, 0.15) is 26.5 Å². The molecule has 0 aliphatic rings. The fraction of sp³-hybridized carbons (Fsp3) is 0.0909. The molecule has 5 heteroatoms. The molecule has 1 radical (unpaired) electrons. The molecule has 11 aromatic rings. The van der Waals surface area contributed by atoms with Crippen molar-refractivity contribution in [1.82, 2.24) is 14.8 Å². The predicted octanol–water partition coefficient (Wildman–Crippen LogP) is 14.5. The number of hydrogen-bond acceptors (Lipinski definition) is 3. The minimum absolute atomic E-state index is 0. The smallest absolute Gasteiger partial charge is 0.124 e. The number of aromatic nitrogens is 3. The van der Waals surface area contributed by atoms with E-state index in [0.717, 1.165) is 56.2 Å². The number of benzene rings is 8. The van der Waals surface area contributed by atoms with Gasteiger partial charge in [-0.15, -0.1) is 23.8 Å². The van der Waals surface area contributed by atoms with E-state index < -0.39 is 0 Å². The van der Waals surface area contributed by atoms with Crippen LogP contribution in [0, 0.1) is 17.5 Å². The topological polar surface area (TPSA) is 43.9 Å². The van der Waals surface area contributed by atoms with Crippen LogP contribution in [-0.2, 0) is 26.5 Å². The molecule has 0 saturated carbocycles. The van der Waals surface area contributed by atoms with Gasteiger partial charge in [0.25, 0.3) is 0 Å². The Morgan fingerprint density at radius 3 is 2.05 bits per heavy atom. The third kappa shape index (κ3) is 7.66. The molecule has 0 amide bonds. The molecule has 0 atom stereocenters. The Balaban J connectivity index is 0.000000153. The Bertz CT molecular complexity index is 3270. The van der Waals surface area contributed by atoms with Crippen LogP contribution in [0.25, 0.3) is 93.6 Å². The molecule has 60 heavy (non-hydrogen) atoms. The van der Waals surface area contributed by atoms with Crippen LogP contribution in [0.5, 0.6) is 0 Å². The second-order valence-electron chi connectivity index (χ2n) is 16.3. The van der Waals surface area contributed by atoms with Gasteiger partial charge in [-0.1, -0.05) is 160 Å². The molecule has 0 N–H and O–H groups in total. The van der Waals surface area contributed by atoms with Crippen molar-refractivity contribution in [2.24, 2.45) is 5.41 Å². The maximum absolute atomic E-state index is 6.31. The van der Waals surface area contributed by atoms with Gasteiger partial charge < -0.3 is 4.42 Å². The maximum atomic E-state index is 6.31. The van der Waals surface area contributed by atoms with Crippen LogP contribution < -0.4 is 0 Å². The maximum Gasteiger partial charge on any atom is 0.124 e. The van der Waals surface area contributed by atoms with Gasteiger partial charge in [0.2, 0.25) is 0 Å². The number of nitrogens with zero attached hydrogens (tertiary/aromatic N) is 3. The van der Waals surface area contributed by atoms with Gasteiger partial charge in [-0.05, 0) is 84.4 Å². The predicted molar refractivity (Wildman–Crippen MR) is 245 cm³/mol. The molecule has 0 unspecified atom stereocenters. The number of fused-ring (bicyclic) bond motifs is 7. The molecule has 0 saturated heterocycles. The first-order valence-electron chi connectivity index (χ1n) is 20.1. The fourth-order valence-electron chi connectivity index (χ4n) is 8.06. The van der Waals surface area contributed by atoms with E-state index in [4.69, 9.17) is 14.5 Å². The Hall–Kier alpha value is -6.65. The van der Waals surface area contributed by atoms with Crippen LogP contribution in [0.15, 0.2) is 187 Å². The first-order chi connectivity index (χ1) is 28.8. The standard InChI is InChI=1S/C29H16NO.C26H25N2.Ir/c1-3-7-22-18(5-1)9-10-20-15-25-23-13-11-21(16-28(23)31-29(25)17-24(20)22)27-14-12-19-6-2-4-8-26(19)30-27;1-26(2,3)18-25-24(19-27-28(25)23-12-8-5-9-13-23)22-16-14-21(15-17-22)20-10-6-4-7-11-20;/h1-10,12-17H;4-12,14-17,19H,18H2,1-3H3;/q2*-1;. The molecule has 3 heterocycles. The number of para-hydroxylation sites is 2. The first kappa shape index (κ1) is 38.8. The van der Waals surface area contributed by atoms with Crippen molar-refractivity contribution in [2.45, 2.75) is 27.2 Å². The van der Waals surface area contributed by atoms with Gasteiger partial charge in [-0.3, -0.25) is 9.67 Å². The van der Waals surface area contributed by atoms with E-state index >= 15 is 0 Å². The zero-order valence-corrected chi connectivity index (χ0v) is 36.0. The van der Waals surface area contributed by atoms with Crippen LogP contribution in [-0.4, -0.2) is 14.8 Å². The van der Waals surface area contributed by atoms with Crippen molar-refractivity contribution in [3.8, 4) is 39.2 Å². The minimum Gasteiger partial charge on any atom is -0.476 e. The summed E-state index contributed by atoms with van der Waals surface area (Å²) in [6, 6.07) is 67.6. The zero-order valence-electron chi connectivity index (χ0n) is 33.6. The third-order valence-corrected chi connectivity index (χ3v) is 10.9. The van der Waals surface area contributed by atoms with Gasteiger partial charge in [0.05, 0.1) is 23.0 Å². The summed E-state index contributed by atoms with van der Waals surface area (Å²) in [5.74, 6) is 0. The number of furan rings is 1. The van der Waals surface area contributed by atoms with Crippen LogP contribution in [0.3, 0.4) is 0 Å². The average Bonchev–Trinajstić information content (AvgIpc) is 3.86. The Morgan fingerprint density at radius 2 is 1.25 bits per heavy atom. The molecule has 3 aromatic heterocycles. The van der Waals surface area contributed by atoms with Crippen molar-refractivity contribution in [3.63, 3.8) is 0 Å². The molecular formula is C55H41IrN3O-2. The van der Waals surface area contributed by atoms with E-state index in [9.17, 15) is 0 Å². The second kappa shape index (κ2) is 16.2. The van der Waals surface area contributed by atoms with E-state index in [2.05, 4.69) is 154 Å². The molecule has 0 aliphatic heterocycles. The summed E-state index contributed by atoms with van der Waals surface area (Å²) in [6.45, 7) is 6.80. The van der Waals surface area contributed by atoms with Gasteiger partial charge in [0, 0.05) is 25.7 Å². The molecule has 4 nitrogen and oxygen atoms in total. The van der Waals surface area contributed by atoms with Gasteiger partial charge in [0.15, 0.2) is 0 Å². The molecule has 0 aliphatic carbocycles. The number of rotatable bonds is 5. The zero-order chi connectivity index (χ0) is 39.9. The molecule has 11 rings (SSSR count). The van der Waals surface area contributed by atoms with Crippen LogP contribution in [0.2, 0.25) is 0 Å². The van der Waals surface area contributed by atoms with Crippen LogP contribution in [0.4, 0.5) is 0 Å². The van der Waals surface area contributed by atoms with Gasteiger partial charge in [0.1, 0.15) is 5.58 Å². The molecule has 8 aromatic carbocycles. The van der Waals surface area contributed by atoms with Crippen molar-refractivity contribution >= 4 is 54.4 Å². The summed E-state index contributed by atoms with van der Waals surface area (Å²) in [4.78, 5) is 4.81. The van der Waals surface area contributed by atoms with E-state index in [1.807, 2.05) is 65.5 Å². The number of hydrogen-bond donors (Lipinski definition) is 0. The summed E-state index contributed by atoms with van der Waals surface area (Å²) in [5, 5.41) is 13.0. The van der Waals surface area contributed by atoms with Gasteiger partial charge in [-0.25, -0.2) is 0 Å². The van der Waals surface area contributed by atoms with E-state index in [1.165, 1.54) is 49.5 Å². The molecule has 0 spiro atoms. The normalized spacial score (nSPS) is 11.5. The van der Waals surface area contributed by atoms with E-state index in [0.29, 0.717) is 0 Å². The van der Waals surface area contributed by atoms with E-state index in [1.54, 1.807) is 0 Å². The first-order valence-corrected chi connectivity index (χ1v) is 20.1. The third-order valence-electron chi connectivity index (χ3n) is 10.9.